The van der Waals surface area contributed by atoms with Crippen molar-refractivity contribution in [2.24, 2.45) is 0 Å². The van der Waals surface area contributed by atoms with E-state index in [2.05, 4.69) is 24.9 Å². The molecule has 0 saturated heterocycles. The molecule has 0 fully saturated rings. The Kier molecular flexibility index (Phi) is 15.4. The molecular weight excluding hydrogens is 421 g/mol. The van der Waals surface area contributed by atoms with Gasteiger partial charge >= 0.3 is 0 Å². The van der Waals surface area contributed by atoms with Crippen molar-refractivity contribution in [3.05, 3.63) is 47.9 Å². The molecule has 0 aliphatic rings. The van der Waals surface area contributed by atoms with Gasteiger partial charge < -0.3 is 4.74 Å². The van der Waals surface area contributed by atoms with Crippen LogP contribution in [0.25, 0.3) is 11.3 Å². The van der Waals surface area contributed by atoms with Crippen molar-refractivity contribution in [2.45, 2.75) is 123 Å². The summed E-state index contributed by atoms with van der Waals surface area (Å²) in [4.78, 5) is 4.55. The van der Waals surface area contributed by atoms with Crippen LogP contribution in [0.1, 0.15) is 122 Å². The van der Waals surface area contributed by atoms with E-state index in [4.69, 9.17) is 4.74 Å². The number of nitrogens with zero attached hydrogens (tertiary/aromatic N) is 1. The maximum atomic E-state index is 14.5. The summed E-state index contributed by atoms with van der Waals surface area (Å²) in [5.41, 5.74) is 2.86. The largest absolute Gasteiger partial charge is 0.491 e. The number of hydrogen-bond acceptors (Lipinski definition) is 2. The molecule has 2 rings (SSSR count). The van der Waals surface area contributed by atoms with E-state index >= 15 is 0 Å². The molecule has 0 unspecified atom stereocenters. The van der Waals surface area contributed by atoms with Gasteiger partial charge in [-0.2, -0.15) is 0 Å². The van der Waals surface area contributed by atoms with Crippen molar-refractivity contribution in [1.82, 2.24) is 4.98 Å². The minimum absolute atomic E-state index is 0.304. The number of aryl methyl sites for hydroxylation is 1. The second kappa shape index (κ2) is 18.4. The first-order valence-corrected chi connectivity index (χ1v) is 14.1. The molecule has 1 heterocycles. The molecule has 0 bridgehead atoms. The monoisotopic (exact) mass is 469 g/mol. The van der Waals surface area contributed by atoms with Crippen LogP contribution in [0.2, 0.25) is 0 Å². The van der Waals surface area contributed by atoms with Gasteiger partial charge in [-0.1, -0.05) is 110 Å². The Bertz CT molecular complexity index is 759. The fraction of sp³-hybridized carbons (Fsp3) is 0.645. The quantitative estimate of drug-likeness (QED) is 0.180. The second-order valence-corrected chi connectivity index (χ2v) is 9.75. The number of rotatable bonds is 20. The second-order valence-electron chi connectivity index (χ2n) is 9.75. The Morgan fingerprint density at radius 3 is 1.82 bits per heavy atom. The van der Waals surface area contributed by atoms with Crippen molar-refractivity contribution < 1.29 is 9.13 Å². The molecule has 2 nitrogen and oxygen atoms in total. The molecule has 3 heteroatoms. The predicted molar refractivity (Wildman–Crippen MR) is 144 cm³/mol. The van der Waals surface area contributed by atoms with Crippen molar-refractivity contribution >= 4 is 0 Å². The third-order valence-electron chi connectivity index (χ3n) is 6.63. The summed E-state index contributed by atoms with van der Waals surface area (Å²) in [5.74, 6) is 0.0428. The molecule has 0 N–H and O–H groups in total. The third-order valence-corrected chi connectivity index (χ3v) is 6.63. The van der Waals surface area contributed by atoms with E-state index in [-0.39, 0.29) is 5.82 Å². The number of pyridine rings is 1. The van der Waals surface area contributed by atoms with E-state index in [0.29, 0.717) is 12.4 Å². The maximum absolute atomic E-state index is 14.5. The Labute approximate surface area is 208 Å². The standard InChI is InChI=1S/C31H48FNO/c1-3-5-7-9-10-11-12-13-14-15-16-18-24-34-31-23-21-28(25-29(31)32)30-22-20-27(26-33-30)19-17-8-6-4-2/h20-23,25-26H,3-19,24H2,1-2H3. The van der Waals surface area contributed by atoms with Gasteiger partial charge in [0.25, 0.3) is 0 Å². The van der Waals surface area contributed by atoms with Crippen LogP contribution in [-0.2, 0) is 6.42 Å². The van der Waals surface area contributed by atoms with Gasteiger partial charge in [-0.3, -0.25) is 4.98 Å². The lowest BCUT2D eigenvalue weighted by molar-refractivity contribution is 0.290. The Morgan fingerprint density at radius 1 is 0.676 bits per heavy atom. The van der Waals surface area contributed by atoms with Gasteiger partial charge in [-0.15, -0.1) is 0 Å². The Hall–Kier alpha value is -1.90. The van der Waals surface area contributed by atoms with Crippen molar-refractivity contribution in [3.63, 3.8) is 0 Å². The fourth-order valence-electron chi connectivity index (χ4n) is 4.40. The van der Waals surface area contributed by atoms with Gasteiger partial charge in [0.05, 0.1) is 12.3 Å². The van der Waals surface area contributed by atoms with Gasteiger partial charge in [0.2, 0.25) is 0 Å². The topological polar surface area (TPSA) is 22.1 Å². The molecule has 0 spiro atoms. The number of hydrogen-bond donors (Lipinski definition) is 0. The maximum Gasteiger partial charge on any atom is 0.165 e. The van der Waals surface area contributed by atoms with Crippen LogP contribution in [-0.4, -0.2) is 11.6 Å². The highest BCUT2D eigenvalue weighted by molar-refractivity contribution is 5.60. The average molecular weight is 470 g/mol. The molecule has 0 amide bonds. The minimum atomic E-state index is -0.304. The van der Waals surface area contributed by atoms with E-state index in [0.717, 1.165) is 30.5 Å². The first-order chi connectivity index (χ1) is 16.7. The highest BCUT2D eigenvalue weighted by atomic mass is 19.1. The van der Waals surface area contributed by atoms with E-state index in [1.807, 2.05) is 18.3 Å². The van der Waals surface area contributed by atoms with Gasteiger partial charge in [-0.05, 0) is 49.1 Å². The summed E-state index contributed by atoms with van der Waals surface area (Å²) in [5, 5.41) is 0. The molecule has 1 aromatic carbocycles. The fourth-order valence-corrected chi connectivity index (χ4v) is 4.40. The first-order valence-electron chi connectivity index (χ1n) is 14.1. The lowest BCUT2D eigenvalue weighted by Gasteiger charge is -2.09. The van der Waals surface area contributed by atoms with E-state index in [9.17, 15) is 4.39 Å². The SMILES string of the molecule is CCCCCCCCCCCCCCOc1ccc(-c2ccc(CCCCCC)cn2)cc1F. The predicted octanol–water partition coefficient (Wildman–Crippen LogP) is 10.1. The number of halogens is 1. The van der Waals surface area contributed by atoms with Crippen LogP contribution in [0.4, 0.5) is 4.39 Å². The molecule has 190 valence electrons. The van der Waals surface area contributed by atoms with Gasteiger partial charge in [0.15, 0.2) is 11.6 Å². The Balaban J connectivity index is 1.59. The smallest absolute Gasteiger partial charge is 0.165 e. The average Bonchev–Trinajstić information content (AvgIpc) is 2.86. The van der Waals surface area contributed by atoms with Crippen LogP contribution < -0.4 is 4.74 Å². The molecule has 34 heavy (non-hydrogen) atoms. The third kappa shape index (κ3) is 12.0. The minimum Gasteiger partial charge on any atom is -0.491 e. The van der Waals surface area contributed by atoms with E-state index in [1.54, 1.807) is 12.1 Å². The summed E-state index contributed by atoms with van der Waals surface area (Å²) in [6.07, 6.45) is 23.7. The molecule has 0 atom stereocenters. The molecule has 0 radical (unpaired) electrons. The van der Waals surface area contributed by atoms with Gasteiger partial charge in [0.1, 0.15) is 0 Å². The van der Waals surface area contributed by atoms with E-state index in [1.165, 1.54) is 95.5 Å². The van der Waals surface area contributed by atoms with Crippen LogP contribution in [0, 0.1) is 5.82 Å². The molecule has 0 aliphatic carbocycles. The molecule has 0 aliphatic heterocycles. The molecule has 1 aromatic heterocycles. The van der Waals surface area contributed by atoms with Crippen LogP contribution in [0.15, 0.2) is 36.5 Å². The number of aromatic nitrogens is 1. The van der Waals surface area contributed by atoms with Crippen molar-refractivity contribution in [3.8, 4) is 17.0 Å². The molecule has 2 aromatic rings. The highest BCUT2D eigenvalue weighted by Gasteiger charge is 2.08. The number of unbranched alkanes of at least 4 members (excludes halogenated alkanes) is 14. The van der Waals surface area contributed by atoms with Gasteiger partial charge in [-0.25, -0.2) is 4.39 Å². The van der Waals surface area contributed by atoms with Crippen molar-refractivity contribution in [1.29, 1.82) is 0 Å². The summed E-state index contributed by atoms with van der Waals surface area (Å²) < 4.78 is 20.3. The van der Waals surface area contributed by atoms with Crippen LogP contribution in [0.5, 0.6) is 5.75 Å². The molecular formula is C31H48FNO. The lowest BCUT2D eigenvalue weighted by atomic mass is 10.1. The summed E-state index contributed by atoms with van der Waals surface area (Å²) in [7, 11) is 0. The summed E-state index contributed by atoms with van der Waals surface area (Å²) in [6, 6.07) is 9.30. The number of benzene rings is 1. The van der Waals surface area contributed by atoms with E-state index < -0.39 is 0 Å². The zero-order valence-corrected chi connectivity index (χ0v) is 21.9. The zero-order valence-electron chi connectivity index (χ0n) is 21.9. The summed E-state index contributed by atoms with van der Waals surface area (Å²) >= 11 is 0. The summed E-state index contributed by atoms with van der Waals surface area (Å²) in [6.45, 7) is 5.08. The van der Waals surface area contributed by atoms with Crippen LogP contribution >= 0.6 is 0 Å². The number of ether oxygens (including phenoxy) is 1. The Morgan fingerprint density at radius 2 is 1.26 bits per heavy atom. The zero-order chi connectivity index (χ0) is 24.3. The first kappa shape index (κ1) is 28.3. The molecule has 0 saturated carbocycles. The lowest BCUT2D eigenvalue weighted by Crippen LogP contribution is -1.99. The highest BCUT2D eigenvalue weighted by Crippen LogP contribution is 2.25. The van der Waals surface area contributed by atoms with Gasteiger partial charge in [0, 0.05) is 11.8 Å². The van der Waals surface area contributed by atoms with Crippen LogP contribution in [0.3, 0.4) is 0 Å². The normalized spacial score (nSPS) is 11.1. The van der Waals surface area contributed by atoms with Crippen molar-refractivity contribution in [2.75, 3.05) is 6.61 Å².